The third-order valence-corrected chi connectivity index (χ3v) is 5.69. The van der Waals surface area contributed by atoms with Gasteiger partial charge in [0.2, 0.25) is 5.91 Å². The van der Waals surface area contributed by atoms with E-state index < -0.39 is 21.7 Å². The molecule has 1 aliphatic rings. The number of rotatable bonds is 5. The smallest absolute Gasteiger partial charge is 0.261 e. The Bertz CT molecular complexity index is 934. The van der Waals surface area contributed by atoms with Crippen LogP contribution < -0.4 is 15.4 Å². The molecule has 1 heterocycles. The van der Waals surface area contributed by atoms with Gasteiger partial charge < -0.3 is 10.6 Å². The van der Waals surface area contributed by atoms with Gasteiger partial charge >= 0.3 is 0 Å². The molecule has 28 heavy (non-hydrogen) atoms. The molecule has 0 aliphatic carbocycles. The van der Waals surface area contributed by atoms with E-state index in [4.69, 9.17) is 0 Å². The van der Waals surface area contributed by atoms with E-state index in [-0.39, 0.29) is 34.8 Å². The molecule has 0 saturated carbocycles. The molecule has 2 aromatic rings. The van der Waals surface area contributed by atoms with Crippen molar-refractivity contribution in [3.8, 4) is 0 Å². The largest absolute Gasteiger partial charge is 0.326 e. The van der Waals surface area contributed by atoms with Crippen LogP contribution >= 0.6 is 12.4 Å². The molecule has 1 amide bonds. The number of amides is 1. The number of hydrogen-bond acceptors (Lipinski definition) is 4. The van der Waals surface area contributed by atoms with Gasteiger partial charge in [-0.25, -0.2) is 17.2 Å². The zero-order chi connectivity index (χ0) is 19.4. The van der Waals surface area contributed by atoms with Crippen LogP contribution in [0.15, 0.2) is 47.4 Å². The van der Waals surface area contributed by atoms with E-state index in [0.29, 0.717) is 11.8 Å². The lowest BCUT2D eigenvalue weighted by Gasteiger charge is -2.21. The molecule has 3 rings (SSSR count). The third kappa shape index (κ3) is 5.40. The van der Waals surface area contributed by atoms with Gasteiger partial charge in [-0.3, -0.25) is 9.52 Å². The maximum absolute atomic E-state index is 13.3. The Balaban J connectivity index is 0.00000280. The second-order valence-corrected chi connectivity index (χ2v) is 7.95. The number of anilines is 2. The van der Waals surface area contributed by atoms with Gasteiger partial charge in [-0.15, -0.1) is 12.4 Å². The standard InChI is InChI=1S/C18H19F2N3O3S.ClH/c19-16-6-5-15(11-17(16)20)27(25,26)23-14-3-1-13(2-4-14)22-18(24)12-7-9-21-10-8-12;/h1-6,11-12,21,23H,7-10H2,(H,22,24);1H. The Labute approximate surface area is 168 Å². The van der Waals surface area contributed by atoms with Gasteiger partial charge in [0.05, 0.1) is 4.90 Å². The Morgan fingerprint density at radius 3 is 2.18 bits per heavy atom. The maximum atomic E-state index is 13.3. The Hall–Kier alpha value is -2.23. The average Bonchev–Trinajstić information content (AvgIpc) is 2.66. The summed E-state index contributed by atoms with van der Waals surface area (Å²) in [5.74, 6) is -2.47. The van der Waals surface area contributed by atoms with Crippen molar-refractivity contribution in [1.82, 2.24) is 5.32 Å². The van der Waals surface area contributed by atoms with E-state index in [1.165, 1.54) is 12.1 Å². The number of carbonyl (C=O) groups is 1. The molecule has 1 saturated heterocycles. The Morgan fingerprint density at radius 2 is 1.57 bits per heavy atom. The van der Waals surface area contributed by atoms with Crippen molar-refractivity contribution in [2.24, 2.45) is 5.92 Å². The SMILES string of the molecule is Cl.O=C(Nc1ccc(NS(=O)(=O)c2ccc(F)c(F)c2)cc1)C1CCNCC1. The number of halogens is 3. The number of carbonyl (C=O) groups excluding carboxylic acids is 1. The van der Waals surface area contributed by atoms with E-state index in [1.807, 2.05) is 0 Å². The minimum atomic E-state index is -4.06. The van der Waals surface area contributed by atoms with Crippen LogP contribution in [0.2, 0.25) is 0 Å². The predicted octanol–water partition coefficient (Wildman–Crippen LogP) is 3.13. The summed E-state index contributed by atoms with van der Waals surface area (Å²) in [7, 11) is -4.06. The molecule has 10 heteroatoms. The molecular formula is C18H20ClF2N3O3S. The average molecular weight is 432 g/mol. The van der Waals surface area contributed by atoms with Crippen LogP contribution in [0.25, 0.3) is 0 Å². The molecule has 0 bridgehead atoms. The molecule has 6 nitrogen and oxygen atoms in total. The summed E-state index contributed by atoms with van der Waals surface area (Å²) in [5, 5.41) is 6.01. The van der Waals surface area contributed by atoms with Crippen molar-refractivity contribution in [3.05, 3.63) is 54.1 Å². The molecular weight excluding hydrogens is 412 g/mol. The summed E-state index contributed by atoms with van der Waals surface area (Å²) in [4.78, 5) is 11.8. The summed E-state index contributed by atoms with van der Waals surface area (Å²) in [5.41, 5.74) is 0.786. The maximum Gasteiger partial charge on any atom is 0.261 e. The van der Waals surface area contributed by atoms with Crippen LogP contribution in [0.1, 0.15) is 12.8 Å². The van der Waals surface area contributed by atoms with Crippen molar-refractivity contribution >= 4 is 39.7 Å². The topological polar surface area (TPSA) is 87.3 Å². The van der Waals surface area contributed by atoms with Gasteiger partial charge in [0.25, 0.3) is 10.0 Å². The van der Waals surface area contributed by atoms with Crippen molar-refractivity contribution in [3.63, 3.8) is 0 Å². The second kappa shape index (κ2) is 9.31. The molecule has 0 spiro atoms. The van der Waals surface area contributed by atoms with Crippen LogP contribution in [-0.4, -0.2) is 27.4 Å². The summed E-state index contributed by atoms with van der Waals surface area (Å²) in [6, 6.07) is 8.46. The fourth-order valence-electron chi connectivity index (χ4n) is 2.81. The summed E-state index contributed by atoms with van der Waals surface area (Å²) >= 11 is 0. The first-order valence-corrected chi connectivity index (χ1v) is 9.93. The van der Waals surface area contributed by atoms with E-state index in [1.54, 1.807) is 12.1 Å². The van der Waals surface area contributed by atoms with Crippen molar-refractivity contribution in [2.45, 2.75) is 17.7 Å². The molecule has 0 atom stereocenters. The molecule has 152 valence electrons. The zero-order valence-electron chi connectivity index (χ0n) is 14.7. The van der Waals surface area contributed by atoms with Crippen LogP contribution in [-0.2, 0) is 14.8 Å². The highest BCUT2D eigenvalue weighted by atomic mass is 35.5. The van der Waals surface area contributed by atoms with Gasteiger partial charge in [0, 0.05) is 17.3 Å². The molecule has 2 aromatic carbocycles. The lowest BCUT2D eigenvalue weighted by atomic mass is 9.97. The highest BCUT2D eigenvalue weighted by molar-refractivity contribution is 7.92. The minimum Gasteiger partial charge on any atom is -0.326 e. The normalized spacial score (nSPS) is 14.8. The molecule has 0 radical (unpaired) electrons. The highest BCUT2D eigenvalue weighted by Gasteiger charge is 2.21. The van der Waals surface area contributed by atoms with E-state index in [9.17, 15) is 22.0 Å². The molecule has 1 aliphatic heterocycles. The fraction of sp³-hybridized carbons (Fsp3) is 0.278. The summed E-state index contributed by atoms with van der Waals surface area (Å²) in [6.07, 6.45) is 1.55. The van der Waals surface area contributed by atoms with Crippen LogP contribution in [0.3, 0.4) is 0 Å². The van der Waals surface area contributed by atoms with Crippen LogP contribution in [0.4, 0.5) is 20.2 Å². The lowest BCUT2D eigenvalue weighted by molar-refractivity contribution is -0.120. The first kappa shape index (κ1) is 22.1. The Morgan fingerprint density at radius 1 is 0.964 bits per heavy atom. The molecule has 1 fully saturated rings. The predicted molar refractivity (Wildman–Crippen MR) is 105 cm³/mol. The second-order valence-electron chi connectivity index (χ2n) is 6.27. The van der Waals surface area contributed by atoms with Gasteiger partial charge in [-0.2, -0.15) is 0 Å². The third-order valence-electron chi connectivity index (χ3n) is 4.32. The lowest BCUT2D eigenvalue weighted by Crippen LogP contribution is -2.34. The minimum absolute atomic E-state index is 0. The number of nitrogens with one attached hydrogen (secondary N) is 3. The van der Waals surface area contributed by atoms with E-state index in [0.717, 1.165) is 38.1 Å². The van der Waals surface area contributed by atoms with Gasteiger partial charge in [0.1, 0.15) is 0 Å². The van der Waals surface area contributed by atoms with Crippen molar-refractivity contribution in [1.29, 1.82) is 0 Å². The fourth-order valence-corrected chi connectivity index (χ4v) is 3.88. The quantitative estimate of drug-likeness (QED) is 0.678. The van der Waals surface area contributed by atoms with Crippen molar-refractivity contribution < 1.29 is 22.0 Å². The van der Waals surface area contributed by atoms with Crippen molar-refractivity contribution in [2.75, 3.05) is 23.1 Å². The van der Waals surface area contributed by atoms with Gasteiger partial charge in [0.15, 0.2) is 11.6 Å². The van der Waals surface area contributed by atoms with Crippen LogP contribution in [0, 0.1) is 17.6 Å². The Kier molecular flexibility index (Phi) is 7.34. The number of sulfonamides is 1. The van der Waals surface area contributed by atoms with E-state index in [2.05, 4.69) is 15.4 Å². The van der Waals surface area contributed by atoms with Gasteiger partial charge in [-0.1, -0.05) is 0 Å². The molecule has 0 unspecified atom stereocenters. The van der Waals surface area contributed by atoms with Gasteiger partial charge in [-0.05, 0) is 68.4 Å². The highest BCUT2D eigenvalue weighted by Crippen LogP contribution is 2.21. The summed E-state index contributed by atoms with van der Waals surface area (Å²) < 4.78 is 53.0. The monoisotopic (exact) mass is 431 g/mol. The molecule has 0 aromatic heterocycles. The summed E-state index contributed by atoms with van der Waals surface area (Å²) in [6.45, 7) is 1.62. The molecule has 3 N–H and O–H groups in total. The first-order valence-electron chi connectivity index (χ1n) is 8.45. The number of piperidine rings is 1. The van der Waals surface area contributed by atoms with Crippen LogP contribution in [0.5, 0.6) is 0 Å². The number of benzene rings is 2. The first-order chi connectivity index (χ1) is 12.8. The van der Waals surface area contributed by atoms with E-state index >= 15 is 0 Å². The number of hydrogen-bond donors (Lipinski definition) is 3. The zero-order valence-corrected chi connectivity index (χ0v) is 16.4.